The predicted molar refractivity (Wildman–Crippen MR) is 113 cm³/mol. The van der Waals surface area contributed by atoms with Crippen molar-refractivity contribution in [3.63, 3.8) is 0 Å². The van der Waals surface area contributed by atoms with Gasteiger partial charge in [-0.2, -0.15) is 0 Å². The first-order valence-corrected chi connectivity index (χ1v) is 9.32. The molecule has 2 aromatic carbocycles. The summed E-state index contributed by atoms with van der Waals surface area (Å²) in [5.74, 6) is -2.53. The average Bonchev–Trinajstić information content (AvgIpc) is 2.80. The van der Waals surface area contributed by atoms with Gasteiger partial charge in [-0.15, -0.1) is 0 Å². The molecule has 32 heavy (non-hydrogen) atoms. The fourth-order valence-electron chi connectivity index (χ4n) is 2.62. The molecule has 0 aliphatic rings. The van der Waals surface area contributed by atoms with Crippen LogP contribution in [0.15, 0.2) is 30.3 Å². The number of carbonyl (C=O) groups excluding carboxylic acids is 4. The molecule has 1 N–H and O–H groups in total. The van der Waals surface area contributed by atoms with Gasteiger partial charge in [-0.05, 0) is 30.3 Å². The Kier molecular flexibility index (Phi) is 8.42. The zero-order valence-corrected chi connectivity index (χ0v) is 18.4. The molecule has 0 saturated heterocycles. The molecule has 0 aromatic heterocycles. The minimum Gasteiger partial charge on any atom is -0.493 e. The second-order valence-corrected chi connectivity index (χ2v) is 6.51. The lowest BCUT2D eigenvalue weighted by molar-refractivity contribution is -0.119. The molecule has 0 bridgehead atoms. The van der Waals surface area contributed by atoms with Gasteiger partial charge in [0.25, 0.3) is 5.91 Å². The highest BCUT2D eigenvalue weighted by Crippen LogP contribution is 2.36. The van der Waals surface area contributed by atoms with E-state index in [1.165, 1.54) is 58.8 Å². The van der Waals surface area contributed by atoms with Crippen LogP contribution in [0, 0.1) is 0 Å². The van der Waals surface area contributed by atoms with Gasteiger partial charge < -0.3 is 29.0 Å². The number of rotatable bonds is 8. The Hall–Kier alpha value is -3.79. The van der Waals surface area contributed by atoms with Crippen molar-refractivity contribution in [2.24, 2.45) is 0 Å². The summed E-state index contributed by atoms with van der Waals surface area (Å²) in [6, 6.07) is 6.52. The summed E-state index contributed by atoms with van der Waals surface area (Å²) in [5, 5.41) is 2.56. The van der Waals surface area contributed by atoms with Crippen molar-refractivity contribution in [2.75, 3.05) is 40.4 Å². The van der Waals surface area contributed by atoms with E-state index in [-0.39, 0.29) is 38.9 Å². The van der Waals surface area contributed by atoms with Crippen molar-refractivity contribution >= 4 is 41.1 Å². The predicted octanol–water partition coefficient (Wildman–Crippen LogP) is 2.73. The molecule has 1 amide bonds. The number of carbonyl (C=O) groups is 4. The lowest BCUT2D eigenvalue weighted by atomic mass is 10.1. The van der Waals surface area contributed by atoms with Crippen LogP contribution in [0.25, 0.3) is 0 Å². The van der Waals surface area contributed by atoms with Crippen LogP contribution in [-0.2, 0) is 19.0 Å². The Morgan fingerprint density at radius 3 is 1.84 bits per heavy atom. The van der Waals surface area contributed by atoms with Crippen LogP contribution in [0.3, 0.4) is 0 Å². The van der Waals surface area contributed by atoms with Gasteiger partial charge in [-0.1, -0.05) is 11.6 Å². The number of hydrogen-bond acceptors (Lipinski definition) is 9. The smallest absolute Gasteiger partial charge is 0.338 e. The van der Waals surface area contributed by atoms with Crippen molar-refractivity contribution in [2.45, 2.75) is 0 Å². The molecule has 0 aliphatic carbocycles. The van der Waals surface area contributed by atoms with Crippen LogP contribution >= 0.6 is 11.6 Å². The maximum atomic E-state index is 12.3. The molecule has 0 aliphatic heterocycles. The molecular formula is C21H20ClNO9. The maximum absolute atomic E-state index is 12.3. The van der Waals surface area contributed by atoms with Crippen molar-refractivity contribution in [3.8, 4) is 11.5 Å². The van der Waals surface area contributed by atoms with Gasteiger partial charge in [0.1, 0.15) is 0 Å². The largest absolute Gasteiger partial charge is 0.493 e. The molecule has 0 spiro atoms. The fourth-order valence-corrected chi connectivity index (χ4v) is 2.91. The molecule has 2 rings (SSSR count). The molecule has 0 fully saturated rings. The third-order valence-electron chi connectivity index (χ3n) is 4.06. The van der Waals surface area contributed by atoms with Crippen LogP contribution in [0.1, 0.15) is 31.1 Å². The van der Waals surface area contributed by atoms with Crippen LogP contribution < -0.4 is 14.8 Å². The molecule has 11 heteroatoms. The lowest BCUT2D eigenvalue weighted by Crippen LogP contribution is -2.21. The highest BCUT2D eigenvalue weighted by Gasteiger charge is 2.18. The number of hydrogen-bond donors (Lipinski definition) is 1. The van der Waals surface area contributed by atoms with E-state index in [0.717, 1.165) is 0 Å². The number of methoxy groups -OCH3 is 4. The third-order valence-corrected chi connectivity index (χ3v) is 4.34. The van der Waals surface area contributed by atoms with E-state index in [1.807, 2.05) is 0 Å². The zero-order valence-electron chi connectivity index (χ0n) is 17.6. The second kappa shape index (κ2) is 11.0. The highest BCUT2D eigenvalue weighted by molar-refractivity contribution is 6.32. The van der Waals surface area contributed by atoms with Crippen molar-refractivity contribution in [3.05, 3.63) is 52.0 Å². The van der Waals surface area contributed by atoms with Gasteiger partial charge in [0, 0.05) is 5.69 Å². The number of amides is 1. The van der Waals surface area contributed by atoms with Crippen LogP contribution in [0.5, 0.6) is 11.5 Å². The van der Waals surface area contributed by atoms with Crippen molar-refractivity contribution < 1.29 is 42.9 Å². The summed E-state index contributed by atoms with van der Waals surface area (Å²) in [4.78, 5) is 48.2. The van der Waals surface area contributed by atoms with E-state index < -0.39 is 30.4 Å². The first kappa shape index (κ1) is 24.5. The van der Waals surface area contributed by atoms with E-state index in [1.54, 1.807) is 0 Å². The number of halogens is 1. The topological polar surface area (TPSA) is 126 Å². The summed E-state index contributed by atoms with van der Waals surface area (Å²) in [6.45, 7) is -0.652. The standard InChI is InChI=1S/C21H20ClNO9/c1-28-16-9-13(8-15(22)18(16)29-2)21(27)32-10-17(24)23-14-6-11(19(25)30-3)5-12(7-14)20(26)31-4/h5-9H,10H2,1-4H3,(H,23,24). The minimum atomic E-state index is -0.832. The number of benzene rings is 2. The fraction of sp³-hybridized carbons (Fsp3) is 0.238. The van der Waals surface area contributed by atoms with E-state index >= 15 is 0 Å². The monoisotopic (exact) mass is 465 g/mol. The molecular weight excluding hydrogens is 446 g/mol. The number of anilines is 1. The SMILES string of the molecule is COC(=O)c1cc(NC(=O)COC(=O)c2cc(Cl)c(OC)c(OC)c2)cc(C(=O)OC)c1. The van der Waals surface area contributed by atoms with E-state index in [0.29, 0.717) is 0 Å². The molecule has 0 radical (unpaired) electrons. The molecule has 0 unspecified atom stereocenters. The summed E-state index contributed by atoms with van der Waals surface area (Å²) >= 11 is 6.06. The average molecular weight is 466 g/mol. The van der Waals surface area contributed by atoms with Gasteiger partial charge in [0.05, 0.1) is 50.2 Å². The summed E-state index contributed by atoms with van der Waals surface area (Å²) < 4.78 is 24.5. The number of esters is 3. The molecule has 0 saturated carbocycles. The van der Waals surface area contributed by atoms with Gasteiger partial charge in [0.15, 0.2) is 18.1 Å². The summed E-state index contributed by atoms with van der Waals surface area (Å²) in [5.41, 5.74) is 0.176. The Morgan fingerprint density at radius 1 is 0.781 bits per heavy atom. The number of ether oxygens (including phenoxy) is 5. The third kappa shape index (κ3) is 5.88. The first-order chi connectivity index (χ1) is 15.2. The maximum Gasteiger partial charge on any atom is 0.338 e. The zero-order chi connectivity index (χ0) is 23.8. The Morgan fingerprint density at radius 2 is 1.34 bits per heavy atom. The Balaban J connectivity index is 2.13. The van der Waals surface area contributed by atoms with Gasteiger partial charge in [-0.25, -0.2) is 14.4 Å². The molecule has 10 nitrogen and oxygen atoms in total. The molecule has 2 aromatic rings. The lowest BCUT2D eigenvalue weighted by Gasteiger charge is -2.12. The molecule has 170 valence electrons. The van der Waals surface area contributed by atoms with Crippen molar-refractivity contribution in [1.82, 2.24) is 0 Å². The molecule has 0 heterocycles. The number of nitrogens with one attached hydrogen (secondary N) is 1. The van der Waals surface area contributed by atoms with Gasteiger partial charge in [0.2, 0.25) is 0 Å². The van der Waals surface area contributed by atoms with Gasteiger partial charge in [-0.3, -0.25) is 4.79 Å². The van der Waals surface area contributed by atoms with Crippen LogP contribution in [0.2, 0.25) is 5.02 Å². The van der Waals surface area contributed by atoms with E-state index in [9.17, 15) is 19.2 Å². The highest BCUT2D eigenvalue weighted by atomic mass is 35.5. The quantitative estimate of drug-likeness (QED) is 0.462. The molecule has 0 atom stereocenters. The van der Waals surface area contributed by atoms with Crippen LogP contribution in [-0.4, -0.2) is 58.9 Å². The summed E-state index contributed by atoms with van der Waals surface area (Å²) in [7, 11) is 5.12. The Bertz CT molecular complexity index is 1020. The van der Waals surface area contributed by atoms with Crippen molar-refractivity contribution in [1.29, 1.82) is 0 Å². The van der Waals surface area contributed by atoms with Gasteiger partial charge >= 0.3 is 17.9 Å². The van der Waals surface area contributed by atoms with E-state index in [2.05, 4.69) is 14.8 Å². The second-order valence-electron chi connectivity index (χ2n) is 6.10. The normalized spacial score (nSPS) is 10.0. The summed E-state index contributed by atoms with van der Waals surface area (Å²) in [6.07, 6.45) is 0. The van der Waals surface area contributed by atoms with E-state index in [4.69, 9.17) is 25.8 Å². The minimum absolute atomic E-state index is 0.0164. The van der Waals surface area contributed by atoms with Crippen LogP contribution in [0.4, 0.5) is 5.69 Å². The first-order valence-electron chi connectivity index (χ1n) is 8.94. The Labute approximate surface area is 188 Å².